The number of nitrogens with one attached hydrogen (secondary N) is 2. The lowest BCUT2D eigenvalue weighted by Gasteiger charge is -2.21. The van der Waals surface area contributed by atoms with E-state index in [0.29, 0.717) is 5.92 Å². The van der Waals surface area contributed by atoms with Crippen LogP contribution in [-0.2, 0) is 7.05 Å². The molecule has 3 rings (SSSR count). The topological polar surface area (TPSA) is 81.1 Å². The van der Waals surface area contributed by atoms with Crippen molar-refractivity contribution in [2.24, 2.45) is 13.0 Å². The fraction of sp³-hybridized carbons (Fsp3) is 0.471. The summed E-state index contributed by atoms with van der Waals surface area (Å²) in [5.74, 6) is 2.03. The van der Waals surface area contributed by atoms with E-state index in [1.165, 1.54) is 0 Å². The van der Waals surface area contributed by atoms with Gasteiger partial charge in [0.1, 0.15) is 12.1 Å². The number of carbonyl (C=O) groups excluding carboxylic acids is 1. The fourth-order valence-electron chi connectivity index (χ4n) is 2.84. The van der Waals surface area contributed by atoms with Crippen molar-refractivity contribution in [2.75, 3.05) is 7.11 Å². The zero-order valence-electron chi connectivity index (χ0n) is 14.2. The Kier molecular flexibility index (Phi) is 4.69. The third-order valence-electron chi connectivity index (χ3n) is 4.34. The van der Waals surface area contributed by atoms with E-state index in [2.05, 4.69) is 20.8 Å². The molecule has 1 aromatic heterocycles. The van der Waals surface area contributed by atoms with E-state index < -0.39 is 0 Å². The zero-order chi connectivity index (χ0) is 17.1. The maximum absolute atomic E-state index is 12.4. The minimum Gasteiger partial charge on any atom is -0.497 e. The number of carbonyl (C=O) groups is 1. The number of hydrogen-bond acceptors (Lipinski definition) is 4. The van der Waals surface area contributed by atoms with Gasteiger partial charge in [0.2, 0.25) is 0 Å². The van der Waals surface area contributed by atoms with Gasteiger partial charge in [-0.15, -0.1) is 10.2 Å². The molecule has 1 heterocycles. The number of rotatable bonds is 6. The molecule has 1 aromatic carbocycles. The van der Waals surface area contributed by atoms with Crippen molar-refractivity contribution in [1.29, 1.82) is 0 Å². The van der Waals surface area contributed by atoms with Crippen molar-refractivity contribution in [3.05, 3.63) is 42.0 Å². The summed E-state index contributed by atoms with van der Waals surface area (Å²) in [6.45, 7) is 1.89. The van der Waals surface area contributed by atoms with Gasteiger partial charge in [-0.05, 0) is 43.4 Å². The number of amides is 2. The van der Waals surface area contributed by atoms with Crippen LogP contribution in [0.5, 0.6) is 5.75 Å². The van der Waals surface area contributed by atoms with Crippen molar-refractivity contribution in [3.8, 4) is 5.75 Å². The van der Waals surface area contributed by atoms with Crippen LogP contribution in [0.25, 0.3) is 0 Å². The summed E-state index contributed by atoms with van der Waals surface area (Å²) >= 11 is 0. The minimum atomic E-state index is -0.215. The molecule has 128 valence electrons. The van der Waals surface area contributed by atoms with Crippen LogP contribution in [0.15, 0.2) is 30.6 Å². The van der Waals surface area contributed by atoms with Crippen LogP contribution in [0.1, 0.15) is 43.2 Å². The summed E-state index contributed by atoms with van der Waals surface area (Å²) in [5.41, 5.74) is 1.10. The monoisotopic (exact) mass is 329 g/mol. The molecule has 1 aliphatic carbocycles. The van der Waals surface area contributed by atoms with Crippen LogP contribution in [0.4, 0.5) is 4.79 Å². The van der Waals surface area contributed by atoms with Crippen LogP contribution in [0.3, 0.4) is 0 Å². The lowest BCUT2D eigenvalue weighted by Crippen LogP contribution is -2.40. The van der Waals surface area contributed by atoms with Crippen LogP contribution in [0, 0.1) is 5.92 Å². The predicted molar refractivity (Wildman–Crippen MR) is 89.5 cm³/mol. The Morgan fingerprint density at radius 2 is 2.00 bits per heavy atom. The summed E-state index contributed by atoms with van der Waals surface area (Å²) < 4.78 is 6.99. The number of nitrogens with zero attached hydrogens (tertiary/aromatic N) is 3. The molecule has 0 bridgehead atoms. The molecule has 1 aliphatic rings. The first-order valence-electron chi connectivity index (χ1n) is 8.13. The van der Waals surface area contributed by atoms with E-state index in [9.17, 15) is 4.79 Å². The van der Waals surface area contributed by atoms with Crippen LogP contribution in [-0.4, -0.2) is 27.9 Å². The molecule has 2 atom stereocenters. The average Bonchev–Trinajstić information content (AvgIpc) is 3.33. The van der Waals surface area contributed by atoms with Crippen molar-refractivity contribution in [3.63, 3.8) is 0 Å². The Labute approximate surface area is 141 Å². The highest BCUT2D eigenvalue weighted by molar-refractivity contribution is 5.75. The van der Waals surface area contributed by atoms with Gasteiger partial charge in [0, 0.05) is 7.05 Å². The van der Waals surface area contributed by atoms with Crippen molar-refractivity contribution < 1.29 is 9.53 Å². The first-order chi connectivity index (χ1) is 11.6. The van der Waals surface area contributed by atoms with E-state index in [1.54, 1.807) is 18.0 Å². The van der Waals surface area contributed by atoms with Gasteiger partial charge in [0.25, 0.3) is 0 Å². The Hall–Kier alpha value is -2.57. The molecule has 2 amide bonds. The number of aromatic nitrogens is 3. The van der Waals surface area contributed by atoms with Gasteiger partial charge in [-0.2, -0.15) is 0 Å². The predicted octanol–water partition coefficient (Wildman–Crippen LogP) is 2.34. The van der Waals surface area contributed by atoms with Gasteiger partial charge in [-0.3, -0.25) is 0 Å². The van der Waals surface area contributed by atoms with Gasteiger partial charge < -0.3 is 19.9 Å². The average molecular weight is 329 g/mol. The van der Waals surface area contributed by atoms with E-state index >= 15 is 0 Å². The second-order valence-corrected chi connectivity index (χ2v) is 6.23. The van der Waals surface area contributed by atoms with Crippen molar-refractivity contribution in [2.45, 2.75) is 31.8 Å². The second-order valence-electron chi connectivity index (χ2n) is 6.23. The molecule has 2 N–H and O–H groups in total. The highest BCUT2D eigenvalue weighted by atomic mass is 16.5. The number of aryl methyl sites for hydroxylation is 1. The van der Waals surface area contributed by atoms with Gasteiger partial charge in [-0.25, -0.2) is 4.79 Å². The Balaban J connectivity index is 1.65. The number of methoxy groups -OCH3 is 1. The molecule has 0 saturated heterocycles. The Morgan fingerprint density at radius 3 is 2.54 bits per heavy atom. The molecule has 1 fully saturated rings. The zero-order valence-corrected chi connectivity index (χ0v) is 14.2. The van der Waals surface area contributed by atoms with E-state index in [1.807, 2.05) is 38.2 Å². The lowest BCUT2D eigenvalue weighted by molar-refractivity contribution is 0.232. The summed E-state index contributed by atoms with van der Waals surface area (Å²) in [7, 11) is 3.50. The van der Waals surface area contributed by atoms with Crippen LogP contribution >= 0.6 is 0 Å². The quantitative estimate of drug-likeness (QED) is 0.852. The van der Waals surface area contributed by atoms with Gasteiger partial charge >= 0.3 is 6.03 Å². The first-order valence-corrected chi connectivity index (χ1v) is 8.13. The molecule has 7 heteroatoms. The number of urea groups is 1. The molecule has 7 nitrogen and oxygen atoms in total. The maximum Gasteiger partial charge on any atom is 0.315 e. The molecule has 0 unspecified atom stereocenters. The highest BCUT2D eigenvalue weighted by Crippen LogP contribution is 2.41. The van der Waals surface area contributed by atoms with Gasteiger partial charge in [-0.1, -0.05) is 12.1 Å². The SMILES string of the molecule is COc1ccc([C@@H](NC(=O)N[C@@H](C)c2nncn2C)C2CC2)cc1. The van der Waals surface area contributed by atoms with E-state index in [0.717, 1.165) is 30.0 Å². The maximum atomic E-state index is 12.4. The Morgan fingerprint density at radius 1 is 1.29 bits per heavy atom. The normalized spacial score (nSPS) is 16.3. The van der Waals surface area contributed by atoms with Gasteiger partial charge in [0.15, 0.2) is 5.82 Å². The molecule has 0 spiro atoms. The number of hydrogen-bond donors (Lipinski definition) is 2. The first kappa shape index (κ1) is 16.3. The summed E-state index contributed by atoms with van der Waals surface area (Å²) in [5, 5.41) is 13.9. The molecule has 0 radical (unpaired) electrons. The largest absolute Gasteiger partial charge is 0.497 e. The smallest absolute Gasteiger partial charge is 0.315 e. The lowest BCUT2D eigenvalue weighted by atomic mass is 10.0. The van der Waals surface area contributed by atoms with E-state index in [4.69, 9.17) is 4.74 Å². The summed E-state index contributed by atoms with van der Waals surface area (Å²) in [6.07, 6.45) is 3.89. The molecule has 2 aromatic rings. The fourth-order valence-corrected chi connectivity index (χ4v) is 2.84. The summed E-state index contributed by atoms with van der Waals surface area (Å²) in [4.78, 5) is 12.4. The molecule has 0 aliphatic heterocycles. The second kappa shape index (κ2) is 6.90. The summed E-state index contributed by atoms with van der Waals surface area (Å²) in [6, 6.07) is 7.47. The van der Waals surface area contributed by atoms with Crippen molar-refractivity contribution >= 4 is 6.03 Å². The molecular weight excluding hydrogens is 306 g/mol. The minimum absolute atomic E-state index is 0.0163. The standard InChI is InChI=1S/C17H23N5O2/c1-11(16-21-18-10-22(16)2)19-17(23)20-15(12-4-5-12)13-6-8-14(24-3)9-7-13/h6-12,15H,4-5H2,1-3H3,(H2,19,20,23)/t11-,15-/m0/s1. The number of ether oxygens (including phenoxy) is 1. The number of benzene rings is 1. The Bertz CT molecular complexity index is 693. The third-order valence-corrected chi connectivity index (χ3v) is 4.34. The van der Waals surface area contributed by atoms with Crippen LogP contribution < -0.4 is 15.4 Å². The van der Waals surface area contributed by atoms with Crippen molar-refractivity contribution in [1.82, 2.24) is 25.4 Å². The van der Waals surface area contributed by atoms with Crippen LogP contribution in [0.2, 0.25) is 0 Å². The van der Waals surface area contributed by atoms with E-state index in [-0.39, 0.29) is 18.1 Å². The molecule has 1 saturated carbocycles. The van der Waals surface area contributed by atoms with Gasteiger partial charge in [0.05, 0.1) is 19.2 Å². The third kappa shape index (κ3) is 3.67. The molecular formula is C17H23N5O2. The molecule has 24 heavy (non-hydrogen) atoms. The highest BCUT2D eigenvalue weighted by Gasteiger charge is 2.33.